The van der Waals surface area contributed by atoms with E-state index in [-0.39, 0.29) is 29.3 Å². The first kappa shape index (κ1) is 22.0. The summed E-state index contributed by atoms with van der Waals surface area (Å²) in [6, 6.07) is 6.01. The van der Waals surface area contributed by atoms with E-state index >= 15 is 0 Å². The first-order valence-corrected chi connectivity index (χ1v) is 10.4. The summed E-state index contributed by atoms with van der Waals surface area (Å²) in [6.07, 6.45) is 2.29. The van der Waals surface area contributed by atoms with Crippen molar-refractivity contribution in [2.45, 2.75) is 23.8 Å². The summed E-state index contributed by atoms with van der Waals surface area (Å²) in [5, 5.41) is 7.99. The van der Waals surface area contributed by atoms with Crippen LogP contribution in [0.1, 0.15) is 12.8 Å². The number of carbonyl (C=O) groups is 1. The van der Waals surface area contributed by atoms with Crippen LogP contribution in [0, 0.1) is 5.92 Å². The Morgan fingerprint density at radius 1 is 1.32 bits per heavy atom. The van der Waals surface area contributed by atoms with Crippen LogP contribution in [0.5, 0.6) is 5.75 Å². The van der Waals surface area contributed by atoms with Gasteiger partial charge in [0, 0.05) is 18.3 Å². The van der Waals surface area contributed by atoms with Crippen LogP contribution in [0.15, 0.2) is 29.2 Å². The smallest absolute Gasteiger partial charge is 0.238 e. The molecule has 0 heterocycles. The number of nitrogens with two attached hydrogens (primary N) is 2. The van der Waals surface area contributed by atoms with Gasteiger partial charge in [-0.1, -0.05) is 0 Å². The number of amides is 1. The van der Waals surface area contributed by atoms with Gasteiger partial charge in [0.1, 0.15) is 5.75 Å². The third-order valence-electron chi connectivity index (χ3n) is 3.67. The number of sulfonamides is 1. The first-order valence-electron chi connectivity index (χ1n) is 7.73. The molecule has 1 atom stereocenters. The van der Waals surface area contributed by atoms with Gasteiger partial charge in [-0.15, -0.1) is 24.2 Å². The Bertz CT molecular complexity index is 651. The quantitative estimate of drug-likeness (QED) is 0.489. The van der Waals surface area contributed by atoms with Crippen LogP contribution in [0.2, 0.25) is 0 Å². The Balaban J connectivity index is 0.00000312. The maximum absolute atomic E-state index is 11.8. The first-order chi connectivity index (χ1) is 11.4. The summed E-state index contributed by atoms with van der Waals surface area (Å²) in [5.74, 6) is 2.13. The van der Waals surface area contributed by atoms with Gasteiger partial charge in [0.2, 0.25) is 15.9 Å². The molecule has 0 spiro atoms. The number of nitrogens with one attached hydrogen (secondary N) is 1. The molecule has 1 aliphatic rings. The van der Waals surface area contributed by atoms with E-state index in [0.717, 1.165) is 12.8 Å². The molecule has 5 N–H and O–H groups in total. The van der Waals surface area contributed by atoms with E-state index in [0.29, 0.717) is 36.3 Å². The summed E-state index contributed by atoms with van der Waals surface area (Å²) >= 11 is 1.48. The number of carbonyl (C=O) groups excluding carboxylic acids is 1. The Morgan fingerprint density at radius 3 is 2.48 bits per heavy atom. The number of benzene rings is 1. The molecule has 0 aliphatic heterocycles. The lowest BCUT2D eigenvalue weighted by Crippen LogP contribution is -2.42. The molecule has 0 bridgehead atoms. The molecule has 1 unspecified atom stereocenters. The lowest BCUT2D eigenvalue weighted by atomic mass is 10.2. The van der Waals surface area contributed by atoms with E-state index in [1.54, 1.807) is 12.1 Å². The Labute approximate surface area is 158 Å². The highest BCUT2D eigenvalue weighted by Gasteiger charge is 2.30. The Kier molecular flexibility index (Phi) is 9.01. The fourth-order valence-corrected chi connectivity index (χ4v) is 3.35. The zero-order chi connectivity index (χ0) is 17.6. The van der Waals surface area contributed by atoms with Crippen LogP contribution < -0.4 is 20.9 Å². The zero-order valence-electron chi connectivity index (χ0n) is 13.7. The van der Waals surface area contributed by atoms with Gasteiger partial charge in [0.05, 0.1) is 17.3 Å². The fraction of sp³-hybridized carbons (Fsp3) is 0.533. The van der Waals surface area contributed by atoms with E-state index < -0.39 is 10.0 Å². The SMILES string of the molecule is Cl.NCC(NC(=O)CSCCOc1ccc(S(N)(=O)=O)cc1)C1CC1. The second-order valence-electron chi connectivity index (χ2n) is 5.66. The van der Waals surface area contributed by atoms with Gasteiger partial charge in [-0.05, 0) is 43.0 Å². The van der Waals surface area contributed by atoms with Crippen molar-refractivity contribution >= 4 is 40.1 Å². The van der Waals surface area contributed by atoms with Gasteiger partial charge in [0.25, 0.3) is 0 Å². The van der Waals surface area contributed by atoms with E-state index in [2.05, 4.69) is 5.32 Å². The molecular formula is C15H24ClN3O4S2. The summed E-state index contributed by atoms with van der Waals surface area (Å²) in [4.78, 5) is 11.9. The minimum atomic E-state index is -3.69. The number of ether oxygens (including phenoxy) is 1. The minimum absolute atomic E-state index is 0. The van der Waals surface area contributed by atoms with Crippen LogP contribution in [0.25, 0.3) is 0 Å². The Hall–Kier alpha value is -1.00. The molecule has 10 heteroatoms. The molecule has 2 rings (SSSR count). The maximum atomic E-state index is 11.8. The molecule has 7 nitrogen and oxygen atoms in total. The molecule has 1 aromatic carbocycles. The molecule has 1 aromatic rings. The van der Waals surface area contributed by atoms with Crippen molar-refractivity contribution in [3.63, 3.8) is 0 Å². The number of thioether (sulfide) groups is 1. The second kappa shape index (κ2) is 10.2. The van der Waals surface area contributed by atoms with Gasteiger partial charge in [-0.3, -0.25) is 4.79 Å². The normalized spacial score (nSPS) is 15.1. The second-order valence-corrected chi connectivity index (χ2v) is 8.33. The molecule has 0 aromatic heterocycles. The van der Waals surface area contributed by atoms with Gasteiger partial charge in [-0.2, -0.15) is 0 Å². The number of primary sulfonamides is 1. The highest BCUT2D eigenvalue weighted by Crippen LogP contribution is 2.32. The predicted molar refractivity (Wildman–Crippen MR) is 102 cm³/mol. The van der Waals surface area contributed by atoms with Gasteiger partial charge in [-0.25, -0.2) is 13.6 Å². The van der Waals surface area contributed by atoms with Crippen LogP contribution in [0.3, 0.4) is 0 Å². The van der Waals surface area contributed by atoms with Crippen molar-refractivity contribution in [1.29, 1.82) is 0 Å². The highest BCUT2D eigenvalue weighted by molar-refractivity contribution is 7.99. The van der Waals surface area contributed by atoms with E-state index in [1.165, 1.54) is 23.9 Å². The summed E-state index contributed by atoms with van der Waals surface area (Å²) in [7, 11) is -3.69. The minimum Gasteiger partial charge on any atom is -0.493 e. The topological polar surface area (TPSA) is 125 Å². The summed E-state index contributed by atoms with van der Waals surface area (Å²) in [5.41, 5.74) is 5.65. The van der Waals surface area contributed by atoms with Crippen molar-refractivity contribution in [3.8, 4) is 5.75 Å². The van der Waals surface area contributed by atoms with Crippen molar-refractivity contribution in [2.24, 2.45) is 16.8 Å². The van der Waals surface area contributed by atoms with Crippen molar-refractivity contribution < 1.29 is 17.9 Å². The molecule has 1 aliphatic carbocycles. The van der Waals surface area contributed by atoms with Crippen LogP contribution >= 0.6 is 24.2 Å². The average molecular weight is 410 g/mol. The number of hydrogen-bond acceptors (Lipinski definition) is 6. The fourth-order valence-electron chi connectivity index (χ4n) is 2.23. The summed E-state index contributed by atoms with van der Waals surface area (Å²) in [6.45, 7) is 0.911. The predicted octanol–water partition coefficient (Wildman–Crippen LogP) is 0.721. The molecule has 25 heavy (non-hydrogen) atoms. The van der Waals surface area contributed by atoms with Gasteiger partial charge >= 0.3 is 0 Å². The molecule has 1 amide bonds. The number of rotatable bonds is 10. The molecule has 0 saturated heterocycles. The molecule has 0 radical (unpaired) electrons. The number of halogens is 1. The molecule has 1 saturated carbocycles. The zero-order valence-corrected chi connectivity index (χ0v) is 16.2. The summed E-state index contributed by atoms with van der Waals surface area (Å²) < 4.78 is 27.8. The largest absolute Gasteiger partial charge is 0.493 e. The van der Waals surface area contributed by atoms with Gasteiger partial charge in [0.15, 0.2) is 0 Å². The third-order valence-corrected chi connectivity index (χ3v) is 5.52. The van der Waals surface area contributed by atoms with Crippen molar-refractivity contribution in [1.82, 2.24) is 5.32 Å². The van der Waals surface area contributed by atoms with Crippen molar-refractivity contribution in [3.05, 3.63) is 24.3 Å². The lowest BCUT2D eigenvalue weighted by molar-refractivity contribution is -0.119. The van der Waals surface area contributed by atoms with Crippen molar-refractivity contribution in [2.75, 3.05) is 24.7 Å². The average Bonchev–Trinajstić information content (AvgIpc) is 3.36. The number of hydrogen-bond donors (Lipinski definition) is 3. The maximum Gasteiger partial charge on any atom is 0.238 e. The third kappa shape index (κ3) is 7.83. The van der Waals surface area contributed by atoms with Gasteiger partial charge < -0.3 is 15.8 Å². The Morgan fingerprint density at radius 2 is 1.96 bits per heavy atom. The van der Waals surface area contributed by atoms with Crippen LogP contribution in [-0.2, 0) is 14.8 Å². The van der Waals surface area contributed by atoms with Crippen LogP contribution in [0.4, 0.5) is 0 Å². The van der Waals surface area contributed by atoms with E-state index in [4.69, 9.17) is 15.6 Å². The molecule has 1 fully saturated rings. The monoisotopic (exact) mass is 409 g/mol. The van der Waals surface area contributed by atoms with E-state index in [1.807, 2.05) is 0 Å². The standard InChI is InChI=1S/C15H23N3O4S2.ClH/c16-9-14(11-1-2-11)18-15(19)10-23-8-7-22-12-3-5-13(6-4-12)24(17,20)21;/h3-6,11,14H,1-2,7-10,16H2,(H,18,19)(H2,17,20,21);1H. The highest BCUT2D eigenvalue weighted by atomic mass is 35.5. The molecule has 142 valence electrons. The molecular weight excluding hydrogens is 386 g/mol. The lowest BCUT2D eigenvalue weighted by Gasteiger charge is -2.15. The van der Waals surface area contributed by atoms with E-state index in [9.17, 15) is 13.2 Å². The van der Waals surface area contributed by atoms with Crippen LogP contribution in [-0.4, -0.2) is 45.0 Å².